The Balaban J connectivity index is 1.78. The number of amides is 1. The van der Waals surface area contributed by atoms with Gasteiger partial charge in [0.2, 0.25) is 5.91 Å². The first kappa shape index (κ1) is 19.5. The van der Waals surface area contributed by atoms with Crippen molar-refractivity contribution >= 4 is 16.8 Å². The summed E-state index contributed by atoms with van der Waals surface area (Å²) in [5, 5.41) is 3.12. The molecule has 0 bridgehead atoms. The third-order valence-electron chi connectivity index (χ3n) is 4.56. The van der Waals surface area contributed by atoms with Crippen LogP contribution < -0.4 is 16.6 Å². The average Bonchev–Trinajstić information content (AvgIpc) is 2.65. The van der Waals surface area contributed by atoms with Crippen molar-refractivity contribution in [3.8, 4) is 0 Å². The summed E-state index contributed by atoms with van der Waals surface area (Å²) >= 11 is 0. The van der Waals surface area contributed by atoms with Gasteiger partial charge in [0.1, 0.15) is 12.4 Å². The number of aromatic nitrogens is 2. The van der Waals surface area contributed by atoms with Crippen molar-refractivity contribution in [3.05, 3.63) is 80.7 Å². The van der Waals surface area contributed by atoms with Crippen molar-refractivity contribution in [2.45, 2.75) is 12.6 Å². The fourth-order valence-corrected chi connectivity index (χ4v) is 3.12. The van der Waals surface area contributed by atoms with Gasteiger partial charge in [0.05, 0.1) is 16.9 Å². The minimum absolute atomic E-state index is 0.233. The third-order valence-corrected chi connectivity index (χ3v) is 4.56. The van der Waals surface area contributed by atoms with Crippen molar-refractivity contribution in [1.82, 2.24) is 19.8 Å². The van der Waals surface area contributed by atoms with Crippen molar-refractivity contribution < 1.29 is 9.18 Å². The number of aromatic amines is 1. The molecule has 2 N–H and O–H groups in total. The molecule has 3 aromatic rings. The molecule has 0 fully saturated rings. The van der Waals surface area contributed by atoms with Crippen LogP contribution in [0.2, 0.25) is 0 Å². The molecule has 3 rings (SSSR count). The van der Waals surface area contributed by atoms with Gasteiger partial charge in [0.15, 0.2) is 0 Å². The Hall–Kier alpha value is -3.26. The summed E-state index contributed by atoms with van der Waals surface area (Å²) in [7, 11) is 3.67. The normalized spacial score (nSPS) is 12.3. The van der Waals surface area contributed by atoms with Gasteiger partial charge in [0, 0.05) is 6.54 Å². The highest BCUT2D eigenvalue weighted by Crippen LogP contribution is 2.18. The van der Waals surface area contributed by atoms with Gasteiger partial charge in [-0.1, -0.05) is 24.3 Å². The van der Waals surface area contributed by atoms with Crippen LogP contribution in [0.15, 0.2) is 58.1 Å². The van der Waals surface area contributed by atoms with Gasteiger partial charge in [-0.2, -0.15) is 0 Å². The van der Waals surface area contributed by atoms with Crippen LogP contribution in [0.3, 0.4) is 0 Å². The topological polar surface area (TPSA) is 87.2 Å². The number of para-hydroxylation sites is 1. The largest absolute Gasteiger partial charge is 0.353 e. The molecule has 0 aliphatic carbocycles. The molecule has 1 heterocycles. The summed E-state index contributed by atoms with van der Waals surface area (Å²) in [4.78, 5) is 40.6. The SMILES string of the molecule is CN(C)[C@H](CNC(=O)Cn1c(=O)[nH]c(=O)c2ccccc21)c1cccc(F)c1. The minimum atomic E-state index is -0.645. The Labute approximate surface area is 160 Å². The number of hydrogen-bond donors (Lipinski definition) is 2. The number of halogens is 1. The highest BCUT2D eigenvalue weighted by atomic mass is 19.1. The highest BCUT2D eigenvalue weighted by molar-refractivity contribution is 5.81. The molecule has 146 valence electrons. The molecule has 0 saturated heterocycles. The predicted octanol–water partition coefficient (Wildman–Crippen LogP) is 1.25. The Kier molecular flexibility index (Phi) is 5.70. The zero-order chi connectivity index (χ0) is 20.3. The Morgan fingerprint density at radius 1 is 1.18 bits per heavy atom. The van der Waals surface area contributed by atoms with Gasteiger partial charge in [-0.3, -0.25) is 19.1 Å². The number of carbonyl (C=O) groups excluding carboxylic acids is 1. The summed E-state index contributed by atoms with van der Waals surface area (Å²) < 4.78 is 14.8. The van der Waals surface area contributed by atoms with E-state index in [1.165, 1.54) is 16.7 Å². The van der Waals surface area contributed by atoms with E-state index in [0.717, 1.165) is 5.56 Å². The monoisotopic (exact) mass is 384 g/mol. The van der Waals surface area contributed by atoms with Crippen LogP contribution in [0, 0.1) is 5.82 Å². The fraction of sp³-hybridized carbons (Fsp3) is 0.250. The molecule has 0 unspecified atom stereocenters. The van der Waals surface area contributed by atoms with E-state index in [0.29, 0.717) is 10.9 Å². The molecule has 0 saturated carbocycles. The lowest BCUT2D eigenvalue weighted by Crippen LogP contribution is -2.39. The number of H-pyrrole nitrogens is 1. The van der Waals surface area contributed by atoms with Gasteiger partial charge in [0.25, 0.3) is 5.56 Å². The second-order valence-corrected chi connectivity index (χ2v) is 6.70. The van der Waals surface area contributed by atoms with E-state index in [2.05, 4.69) is 10.3 Å². The van der Waals surface area contributed by atoms with Crippen LogP contribution in [-0.2, 0) is 11.3 Å². The first-order valence-corrected chi connectivity index (χ1v) is 8.77. The lowest BCUT2D eigenvalue weighted by Gasteiger charge is -2.25. The molecule has 1 atom stereocenters. The van der Waals surface area contributed by atoms with E-state index in [1.54, 1.807) is 36.4 Å². The van der Waals surface area contributed by atoms with Gasteiger partial charge in [-0.05, 0) is 43.9 Å². The van der Waals surface area contributed by atoms with Crippen LogP contribution >= 0.6 is 0 Å². The molecule has 28 heavy (non-hydrogen) atoms. The maximum atomic E-state index is 13.5. The van der Waals surface area contributed by atoms with Crippen LogP contribution in [0.25, 0.3) is 10.9 Å². The first-order valence-electron chi connectivity index (χ1n) is 8.77. The fourth-order valence-electron chi connectivity index (χ4n) is 3.12. The van der Waals surface area contributed by atoms with Gasteiger partial charge < -0.3 is 10.2 Å². The highest BCUT2D eigenvalue weighted by Gasteiger charge is 2.17. The van der Waals surface area contributed by atoms with E-state index < -0.39 is 11.2 Å². The number of likely N-dealkylation sites (N-methyl/N-ethyl adjacent to an activating group) is 1. The number of hydrogen-bond acceptors (Lipinski definition) is 4. The summed E-state index contributed by atoms with van der Waals surface area (Å²) in [5.41, 5.74) is -0.0122. The number of nitrogens with one attached hydrogen (secondary N) is 2. The predicted molar refractivity (Wildman–Crippen MR) is 105 cm³/mol. The molecule has 0 spiro atoms. The number of benzene rings is 2. The second kappa shape index (κ2) is 8.18. The lowest BCUT2D eigenvalue weighted by molar-refractivity contribution is -0.121. The molecule has 0 aliphatic heterocycles. The van der Waals surface area contributed by atoms with Crippen molar-refractivity contribution in [3.63, 3.8) is 0 Å². The molecule has 2 aromatic carbocycles. The van der Waals surface area contributed by atoms with E-state index in [1.807, 2.05) is 19.0 Å². The number of fused-ring (bicyclic) bond motifs is 1. The second-order valence-electron chi connectivity index (χ2n) is 6.70. The first-order chi connectivity index (χ1) is 13.4. The van der Waals surface area contributed by atoms with Crippen molar-refractivity contribution in [1.29, 1.82) is 0 Å². The standard InChI is InChI=1S/C20H21FN4O3/c1-24(2)17(13-6-5-7-14(21)10-13)11-22-18(26)12-25-16-9-4-3-8-15(16)19(27)23-20(25)28/h3-10,17H,11-12H2,1-2H3,(H,22,26)(H,23,27,28)/t17-/m1/s1. The molecule has 8 heteroatoms. The zero-order valence-corrected chi connectivity index (χ0v) is 15.6. The Morgan fingerprint density at radius 2 is 1.93 bits per heavy atom. The van der Waals surface area contributed by atoms with Crippen molar-refractivity contribution in [2.75, 3.05) is 20.6 Å². The quantitative estimate of drug-likeness (QED) is 0.670. The maximum absolute atomic E-state index is 13.5. The van der Waals surface area contributed by atoms with Crippen LogP contribution in [0.5, 0.6) is 0 Å². The summed E-state index contributed by atoms with van der Waals surface area (Å²) in [6.45, 7) is 0.00471. The molecule has 7 nitrogen and oxygen atoms in total. The van der Waals surface area contributed by atoms with Gasteiger partial charge >= 0.3 is 5.69 Å². The van der Waals surface area contributed by atoms with Crippen LogP contribution in [0.1, 0.15) is 11.6 Å². The Bertz CT molecular complexity index is 1120. The van der Waals surface area contributed by atoms with E-state index >= 15 is 0 Å². The lowest BCUT2D eigenvalue weighted by atomic mass is 10.1. The number of carbonyl (C=O) groups is 1. The third kappa shape index (κ3) is 4.17. The molecule has 1 aromatic heterocycles. The zero-order valence-electron chi connectivity index (χ0n) is 15.6. The molecule has 1 amide bonds. The maximum Gasteiger partial charge on any atom is 0.329 e. The summed E-state index contributed by atoms with van der Waals surface area (Å²) in [5.74, 6) is -0.732. The van der Waals surface area contributed by atoms with Crippen molar-refractivity contribution in [2.24, 2.45) is 0 Å². The van der Waals surface area contributed by atoms with E-state index in [9.17, 15) is 18.8 Å². The molecular formula is C20H21FN4O3. The van der Waals surface area contributed by atoms with Gasteiger partial charge in [-0.15, -0.1) is 0 Å². The molecular weight excluding hydrogens is 363 g/mol. The van der Waals surface area contributed by atoms with Crippen LogP contribution in [0.4, 0.5) is 4.39 Å². The molecule has 0 aliphatic rings. The van der Waals surface area contributed by atoms with E-state index in [-0.39, 0.29) is 30.9 Å². The average molecular weight is 384 g/mol. The smallest absolute Gasteiger partial charge is 0.329 e. The van der Waals surface area contributed by atoms with Gasteiger partial charge in [-0.25, -0.2) is 9.18 Å². The summed E-state index contributed by atoms with van der Waals surface area (Å²) in [6, 6.07) is 12.6. The van der Waals surface area contributed by atoms with Crippen LogP contribution in [-0.4, -0.2) is 41.0 Å². The Morgan fingerprint density at radius 3 is 2.64 bits per heavy atom. The summed E-state index contributed by atoms with van der Waals surface area (Å²) in [6.07, 6.45) is 0. The minimum Gasteiger partial charge on any atom is -0.353 e. The van der Waals surface area contributed by atoms with E-state index in [4.69, 9.17) is 0 Å². The number of rotatable bonds is 6. The molecule has 0 radical (unpaired) electrons. The number of nitrogens with zero attached hydrogens (tertiary/aromatic N) is 2.